The van der Waals surface area contributed by atoms with E-state index in [1.165, 1.54) is 11.1 Å². The highest BCUT2D eigenvalue weighted by molar-refractivity contribution is 5.43. The van der Waals surface area contributed by atoms with Crippen LogP contribution >= 0.6 is 0 Å². The summed E-state index contributed by atoms with van der Waals surface area (Å²) in [4.78, 5) is 4.40. The van der Waals surface area contributed by atoms with Gasteiger partial charge in [0.1, 0.15) is 0 Å². The van der Waals surface area contributed by atoms with E-state index in [0.717, 1.165) is 18.7 Å². The summed E-state index contributed by atoms with van der Waals surface area (Å²) in [7, 11) is 0. The standard InChI is InChI=1S/C13H15N3O/c1-2-11(14)13-15-12(16-17-13)10-7-8-5-3-4-6-9(8)10/h3-6,10-11H,2,7,14H2,1H3. The van der Waals surface area contributed by atoms with Crippen molar-refractivity contribution in [2.45, 2.75) is 31.7 Å². The number of hydrogen-bond donors (Lipinski definition) is 1. The van der Waals surface area contributed by atoms with Gasteiger partial charge in [0.25, 0.3) is 0 Å². The summed E-state index contributed by atoms with van der Waals surface area (Å²) >= 11 is 0. The minimum absolute atomic E-state index is 0.147. The fourth-order valence-corrected chi connectivity index (χ4v) is 2.20. The van der Waals surface area contributed by atoms with E-state index in [0.29, 0.717) is 5.89 Å². The first kappa shape index (κ1) is 10.5. The van der Waals surface area contributed by atoms with Gasteiger partial charge in [-0.25, -0.2) is 0 Å². The molecule has 0 saturated carbocycles. The zero-order valence-electron chi connectivity index (χ0n) is 9.76. The number of rotatable bonds is 3. The molecule has 0 bridgehead atoms. The number of nitrogens with zero attached hydrogens (tertiary/aromatic N) is 2. The highest BCUT2D eigenvalue weighted by atomic mass is 16.5. The van der Waals surface area contributed by atoms with Gasteiger partial charge in [0.05, 0.1) is 12.0 Å². The molecule has 1 heterocycles. The summed E-state index contributed by atoms with van der Waals surface area (Å²) in [5.74, 6) is 1.60. The van der Waals surface area contributed by atoms with Gasteiger partial charge in [0.2, 0.25) is 5.89 Å². The molecule has 2 N–H and O–H groups in total. The summed E-state index contributed by atoms with van der Waals surface area (Å²) in [6, 6.07) is 8.23. The molecule has 17 heavy (non-hydrogen) atoms. The van der Waals surface area contributed by atoms with Crippen LogP contribution in [0.25, 0.3) is 0 Å². The molecule has 3 rings (SSSR count). The molecule has 0 fully saturated rings. The fraction of sp³-hybridized carbons (Fsp3) is 0.385. The van der Waals surface area contributed by atoms with Crippen LogP contribution in [0, 0.1) is 0 Å². The highest BCUT2D eigenvalue weighted by Crippen LogP contribution is 2.38. The molecular formula is C13H15N3O. The number of hydrogen-bond acceptors (Lipinski definition) is 4. The third kappa shape index (κ3) is 1.65. The second-order valence-electron chi connectivity index (χ2n) is 4.46. The lowest BCUT2D eigenvalue weighted by atomic mass is 9.77. The Morgan fingerprint density at radius 3 is 3.06 bits per heavy atom. The smallest absolute Gasteiger partial charge is 0.243 e. The summed E-state index contributed by atoms with van der Waals surface area (Å²) in [5, 5.41) is 4.04. The average molecular weight is 229 g/mol. The molecule has 1 aromatic heterocycles. The third-order valence-corrected chi connectivity index (χ3v) is 3.38. The maximum Gasteiger partial charge on any atom is 0.243 e. The third-order valence-electron chi connectivity index (χ3n) is 3.38. The van der Waals surface area contributed by atoms with E-state index >= 15 is 0 Å². The Hall–Kier alpha value is -1.68. The normalized spacial score (nSPS) is 19.5. The molecule has 88 valence electrons. The second-order valence-corrected chi connectivity index (χ2v) is 4.46. The van der Waals surface area contributed by atoms with E-state index in [9.17, 15) is 0 Å². The van der Waals surface area contributed by atoms with Crippen LogP contribution in [0.3, 0.4) is 0 Å². The molecule has 1 aromatic carbocycles. The Morgan fingerprint density at radius 1 is 1.47 bits per heavy atom. The first-order valence-electron chi connectivity index (χ1n) is 5.96. The van der Waals surface area contributed by atoms with Crippen molar-refractivity contribution in [1.82, 2.24) is 10.1 Å². The quantitative estimate of drug-likeness (QED) is 0.876. The molecule has 1 aliphatic rings. The maximum absolute atomic E-state index is 5.87. The van der Waals surface area contributed by atoms with Gasteiger partial charge in [-0.05, 0) is 24.0 Å². The van der Waals surface area contributed by atoms with Crippen LogP contribution < -0.4 is 5.73 Å². The van der Waals surface area contributed by atoms with Gasteiger partial charge in [-0.3, -0.25) is 0 Å². The Labute approximate surface area is 99.8 Å². The number of aromatic nitrogens is 2. The fourth-order valence-electron chi connectivity index (χ4n) is 2.20. The first-order valence-corrected chi connectivity index (χ1v) is 5.96. The zero-order valence-corrected chi connectivity index (χ0v) is 9.76. The van der Waals surface area contributed by atoms with E-state index in [1.54, 1.807) is 0 Å². The average Bonchev–Trinajstić information content (AvgIpc) is 2.79. The maximum atomic E-state index is 5.87. The molecule has 0 saturated heterocycles. The molecule has 2 unspecified atom stereocenters. The zero-order chi connectivity index (χ0) is 11.8. The van der Waals surface area contributed by atoms with E-state index in [2.05, 4.69) is 28.3 Å². The minimum atomic E-state index is -0.147. The molecular weight excluding hydrogens is 214 g/mol. The van der Waals surface area contributed by atoms with Crippen molar-refractivity contribution in [2.75, 3.05) is 0 Å². The van der Waals surface area contributed by atoms with E-state index in [1.807, 2.05) is 13.0 Å². The summed E-state index contributed by atoms with van der Waals surface area (Å²) in [6.45, 7) is 2.01. The monoisotopic (exact) mass is 229 g/mol. The summed E-state index contributed by atoms with van der Waals surface area (Å²) < 4.78 is 5.20. The number of nitrogens with two attached hydrogens (primary N) is 1. The number of fused-ring (bicyclic) bond motifs is 1. The van der Waals surface area contributed by atoms with Crippen LogP contribution in [-0.4, -0.2) is 10.1 Å². The predicted octanol–water partition coefficient (Wildman–Crippen LogP) is 2.17. The van der Waals surface area contributed by atoms with Crippen LogP contribution in [0.15, 0.2) is 28.8 Å². The van der Waals surface area contributed by atoms with Crippen molar-refractivity contribution < 1.29 is 4.52 Å². The number of benzene rings is 1. The van der Waals surface area contributed by atoms with Gasteiger partial charge >= 0.3 is 0 Å². The topological polar surface area (TPSA) is 64.9 Å². The second kappa shape index (κ2) is 3.96. The first-order chi connectivity index (χ1) is 8.29. The van der Waals surface area contributed by atoms with Gasteiger partial charge < -0.3 is 10.3 Å². The molecule has 0 amide bonds. The van der Waals surface area contributed by atoms with E-state index < -0.39 is 0 Å². The van der Waals surface area contributed by atoms with E-state index in [-0.39, 0.29) is 12.0 Å². The Bertz CT molecular complexity index is 535. The van der Waals surface area contributed by atoms with Crippen molar-refractivity contribution >= 4 is 0 Å². The van der Waals surface area contributed by atoms with Gasteiger partial charge in [0, 0.05) is 0 Å². The van der Waals surface area contributed by atoms with Gasteiger partial charge in [-0.2, -0.15) is 4.98 Å². The lowest BCUT2D eigenvalue weighted by Crippen LogP contribution is -2.19. The lowest BCUT2D eigenvalue weighted by Gasteiger charge is -2.27. The molecule has 2 aromatic rings. The predicted molar refractivity (Wildman–Crippen MR) is 63.5 cm³/mol. The molecule has 0 spiro atoms. The van der Waals surface area contributed by atoms with E-state index in [4.69, 9.17) is 10.3 Å². The molecule has 4 nitrogen and oxygen atoms in total. The van der Waals surface area contributed by atoms with Crippen LogP contribution in [-0.2, 0) is 6.42 Å². The van der Waals surface area contributed by atoms with Crippen molar-refractivity contribution in [3.63, 3.8) is 0 Å². The molecule has 2 atom stereocenters. The summed E-state index contributed by atoms with van der Waals surface area (Å²) in [5.41, 5.74) is 8.55. The highest BCUT2D eigenvalue weighted by Gasteiger charge is 2.31. The van der Waals surface area contributed by atoms with Crippen molar-refractivity contribution in [2.24, 2.45) is 5.73 Å². The largest absolute Gasteiger partial charge is 0.338 e. The molecule has 0 radical (unpaired) electrons. The molecule has 4 heteroatoms. The van der Waals surface area contributed by atoms with Crippen LogP contribution in [0.1, 0.15) is 48.1 Å². The Kier molecular flexibility index (Phi) is 2.44. The summed E-state index contributed by atoms with van der Waals surface area (Å²) in [6.07, 6.45) is 1.80. The van der Waals surface area contributed by atoms with Crippen molar-refractivity contribution in [1.29, 1.82) is 0 Å². The van der Waals surface area contributed by atoms with Crippen molar-refractivity contribution in [3.05, 3.63) is 47.1 Å². The molecule has 1 aliphatic carbocycles. The lowest BCUT2D eigenvalue weighted by molar-refractivity contribution is 0.346. The SMILES string of the molecule is CCC(N)c1nc(C2Cc3ccccc32)no1. The van der Waals surface area contributed by atoms with Gasteiger partial charge in [-0.15, -0.1) is 0 Å². The molecule has 0 aliphatic heterocycles. The van der Waals surface area contributed by atoms with Crippen LogP contribution in [0.5, 0.6) is 0 Å². The van der Waals surface area contributed by atoms with Crippen LogP contribution in [0.2, 0.25) is 0 Å². The van der Waals surface area contributed by atoms with Gasteiger partial charge in [-0.1, -0.05) is 36.3 Å². The van der Waals surface area contributed by atoms with Crippen molar-refractivity contribution in [3.8, 4) is 0 Å². The van der Waals surface area contributed by atoms with Gasteiger partial charge in [0.15, 0.2) is 5.82 Å². The van der Waals surface area contributed by atoms with Crippen LogP contribution in [0.4, 0.5) is 0 Å². The minimum Gasteiger partial charge on any atom is -0.338 e. The Morgan fingerprint density at radius 2 is 2.29 bits per heavy atom. The Balaban J connectivity index is 1.86.